The molecule has 2 atom stereocenters. The number of nitrogens with two attached hydrogens (primary N) is 1. The van der Waals surface area contributed by atoms with Gasteiger partial charge in [0.1, 0.15) is 11.9 Å². The molecule has 0 radical (unpaired) electrons. The maximum absolute atomic E-state index is 12.5. The van der Waals surface area contributed by atoms with Crippen LogP contribution < -0.4 is 10.5 Å². The monoisotopic (exact) mass is 261 g/mol. The molecule has 0 aromatic heterocycles. The second-order valence-electron chi connectivity index (χ2n) is 5.17. The van der Waals surface area contributed by atoms with E-state index >= 15 is 0 Å². The van der Waals surface area contributed by atoms with Crippen molar-refractivity contribution in [1.82, 2.24) is 0 Å². The van der Waals surface area contributed by atoms with Gasteiger partial charge in [-0.1, -0.05) is 12.1 Å². The van der Waals surface area contributed by atoms with Gasteiger partial charge >= 0.3 is 0 Å². The van der Waals surface area contributed by atoms with Gasteiger partial charge in [0.2, 0.25) is 0 Å². The topological polar surface area (TPSA) is 61.6 Å². The first-order valence-electron chi connectivity index (χ1n) is 6.94. The normalized spacial score (nSPS) is 25.7. The molecule has 2 heterocycles. The van der Waals surface area contributed by atoms with Crippen molar-refractivity contribution in [3.63, 3.8) is 0 Å². The third kappa shape index (κ3) is 2.38. The van der Waals surface area contributed by atoms with Crippen molar-refractivity contribution in [2.45, 2.75) is 37.9 Å². The molecule has 2 aliphatic heterocycles. The van der Waals surface area contributed by atoms with E-state index in [1.807, 2.05) is 18.2 Å². The van der Waals surface area contributed by atoms with Gasteiger partial charge < -0.3 is 15.2 Å². The van der Waals surface area contributed by atoms with Crippen LogP contribution in [0.25, 0.3) is 0 Å². The SMILES string of the molecule is NCC1CCC(C(=O)c2cccc3c2OCCC3)O1. The Bertz CT molecular complexity index is 486. The maximum atomic E-state index is 12.5. The number of ether oxygens (including phenoxy) is 2. The highest BCUT2D eigenvalue weighted by Gasteiger charge is 2.32. The van der Waals surface area contributed by atoms with E-state index in [9.17, 15) is 4.79 Å². The predicted octanol–water partition coefficient (Wildman–Crippen LogP) is 1.70. The summed E-state index contributed by atoms with van der Waals surface area (Å²) in [4.78, 5) is 12.5. The lowest BCUT2D eigenvalue weighted by atomic mass is 9.97. The molecule has 1 saturated heterocycles. The smallest absolute Gasteiger partial charge is 0.195 e. The molecule has 3 rings (SSSR count). The lowest BCUT2D eigenvalue weighted by molar-refractivity contribution is 0.0401. The number of carbonyl (C=O) groups is 1. The summed E-state index contributed by atoms with van der Waals surface area (Å²) in [6.45, 7) is 1.17. The van der Waals surface area contributed by atoms with Crippen molar-refractivity contribution in [1.29, 1.82) is 0 Å². The van der Waals surface area contributed by atoms with Crippen molar-refractivity contribution in [3.8, 4) is 5.75 Å². The fraction of sp³-hybridized carbons (Fsp3) is 0.533. The fourth-order valence-corrected chi connectivity index (χ4v) is 2.83. The summed E-state index contributed by atoms with van der Waals surface area (Å²) in [7, 11) is 0. The molecule has 2 aliphatic rings. The van der Waals surface area contributed by atoms with Crippen molar-refractivity contribution in [2.24, 2.45) is 5.73 Å². The molecule has 2 N–H and O–H groups in total. The van der Waals surface area contributed by atoms with Crippen molar-refractivity contribution < 1.29 is 14.3 Å². The van der Waals surface area contributed by atoms with Gasteiger partial charge in [-0.15, -0.1) is 0 Å². The Labute approximate surface area is 112 Å². The van der Waals surface area contributed by atoms with E-state index < -0.39 is 0 Å². The number of benzene rings is 1. The van der Waals surface area contributed by atoms with Crippen molar-refractivity contribution >= 4 is 5.78 Å². The minimum atomic E-state index is -0.356. The molecule has 102 valence electrons. The van der Waals surface area contributed by atoms with Crippen LogP contribution in [-0.2, 0) is 11.2 Å². The molecule has 1 fully saturated rings. The number of hydrogen-bond acceptors (Lipinski definition) is 4. The number of carbonyl (C=O) groups excluding carboxylic acids is 1. The van der Waals surface area contributed by atoms with Gasteiger partial charge in [0.05, 0.1) is 18.3 Å². The number of aryl methyl sites for hydroxylation is 1. The quantitative estimate of drug-likeness (QED) is 0.841. The summed E-state index contributed by atoms with van der Waals surface area (Å²) in [5.74, 6) is 0.799. The van der Waals surface area contributed by atoms with E-state index in [1.54, 1.807) is 0 Å². The van der Waals surface area contributed by atoms with Crippen LogP contribution in [0.1, 0.15) is 35.2 Å². The van der Waals surface area contributed by atoms with E-state index in [0.29, 0.717) is 18.7 Å². The van der Waals surface area contributed by atoms with E-state index in [2.05, 4.69) is 0 Å². The Kier molecular flexibility index (Phi) is 3.53. The van der Waals surface area contributed by atoms with Crippen molar-refractivity contribution in [2.75, 3.05) is 13.2 Å². The summed E-state index contributed by atoms with van der Waals surface area (Å²) in [6, 6.07) is 5.80. The Hall–Kier alpha value is -1.39. The van der Waals surface area contributed by atoms with Crippen LogP contribution in [-0.4, -0.2) is 31.1 Å². The lowest BCUT2D eigenvalue weighted by Crippen LogP contribution is -2.26. The van der Waals surface area contributed by atoms with Gasteiger partial charge in [0.15, 0.2) is 5.78 Å². The first-order valence-corrected chi connectivity index (χ1v) is 6.94. The molecule has 0 aliphatic carbocycles. The fourth-order valence-electron chi connectivity index (χ4n) is 2.83. The molecule has 4 nitrogen and oxygen atoms in total. The van der Waals surface area contributed by atoms with Crippen LogP contribution in [0.3, 0.4) is 0 Å². The summed E-state index contributed by atoms with van der Waals surface area (Å²) >= 11 is 0. The zero-order chi connectivity index (χ0) is 13.2. The van der Waals surface area contributed by atoms with Gasteiger partial charge in [-0.05, 0) is 37.3 Å². The highest BCUT2D eigenvalue weighted by atomic mass is 16.5. The Balaban J connectivity index is 1.84. The number of hydrogen-bond donors (Lipinski definition) is 1. The Morgan fingerprint density at radius 1 is 1.37 bits per heavy atom. The summed E-state index contributed by atoms with van der Waals surface area (Å²) in [6.07, 6.45) is 3.28. The summed E-state index contributed by atoms with van der Waals surface area (Å²) in [5, 5.41) is 0. The minimum absolute atomic E-state index is 0.0226. The maximum Gasteiger partial charge on any atom is 0.195 e. The van der Waals surface area contributed by atoms with Gasteiger partial charge in [-0.3, -0.25) is 4.79 Å². The summed E-state index contributed by atoms with van der Waals surface area (Å²) < 4.78 is 11.4. The molecule has 1 aromatic carbocycles. The number of rotatable bonds is 3. The molecule has 0 amide bonds. The highest BCUT2D eigenvalue weighted by molar-refractivity contribution is 6.02. The number of Topliss-reactive ketones (excluding diaryl/α,β-unsaturated/α-hetero) is 1. The minimum Gasteiger partial charge on any atom is -0.493 e. The average molecular weight is 261 g/mol. The largest absolute Gasteiger partial charge is 0.493 e. The van der Waals surface area contributed by atoms with Crippen molar-refractivity contribution in [3.05, 3.63) is 29.3 Å². The molecule has 2 unspecified atom stereocenters. The summed E-state index contributed by atoms with van der Waals surface area (Å²) in [5.41, 5.74) is 7.38. The predicted molar refractivity (Wildman–Crippen MR) is 71.5 cm³/mol. The third-order valence-electron chi connectivity index (χ3n) is 3.86. The zero-order valence-corrected chi connectivity index (χ0v) is 10.9. The van der Waals surface area contributed by atoms with Crippen LogP contribution in [0.15, 0.2) is 18.2 Å². The molecule has 0 saturated carbocycles. The van der Waals surface area contributed by atoms with Crippen LogP contribution in [0.4, 0.5) is 0 Å². The van der Waals surface area contributed by atoms with Crippen LogP contribution in [0.2, 0.25) is 0 Å². The molecular formula is C15H19NO3. The molecular weight excluding hydrogens is 242 g/mol. The lowest BCUT2D eigenvalue weighted by Gasteiger charge is -2.21. The number of ketones is 1. The molecule has 4 heteroatoms. The van der Waals surface area contributed by atoms with Crippen LogP contribution in [0, 0.1) is 0 Å². The molecule has 0 spiro atoms. The van der Waals surface area contributed by atoms with E-state index in [-0.39, 0.29) is 18.0 Å². The second-order valence-corrected chi connectivity index (χ2v) is 5.17. The van der Waals surface area contributed by atoms with E-state index in [0.717, 1.165) is 37.0 Å². The van der Waals surface area contributed by atoms with Crippen LogP contribution >= 0.6 is 0 Å². The molecule has 1 aromatic rings. The highest BCUT2D eigenvalue weighted by Crippen LogP contribution is 2.32. The standard InChI is InChI=1S/C15H19NO3/c16-9-11-6-7-13(19-11)14(17)12-5-1-3-10-4-2-8-18-15(10)12/h1,3,5,11,13H,2,4,6-9,16H2. The van der Waals surface area contributed by atoms with E-state index in [1.165, 1.54) is 0 Å². The Morgan fingerprint density at radius 3 is 3.05 bits per heavy atom. The first-order chi connectivity index (χ1) is 9.29. The number of para-hydroxylation sites is 1. The zero-order valence-electron chi connectivity index (χ0n) is 10.9. The van der Waals surface area contributed by atoms with Crippen LogP contribution in [0.5, 0.6) is 5.75 Å². The molecule has 0 bridgehead atoms. The Morgan fingerprint density at radius 2 is 2.26 bits per heavy atom. The van der Waals surface area contributed by atoms with Gasteiger partial charge in [-0.2, -0.15) is 0 Å². The number of fused-ring (bicyclic) bond motifs is 1. The first kappa shape index (κ1) is 12.6. The average Bonchev–Trinajstić information content (AvgIpc) is 2.95. The second kappa shape index (κ2) is 5.31. The van der Waals surface area contributed by atoms with E-state index in [4.69, 9.17) is 15.2 Å². The third-order valence-corrected chi connectivity index (χ3v) is 3.86. The van der Waals surface area contributed by atoms with Gasteiger partial charge in [-0.25, -0.2) is 0 Å². The molecule has 19 heavy (non-hydrogen) atoms. The van der Waals surface area contributed by atoms with Gasteiger partial charge in [0.25, 0.3) is 0 Å². The van der Waals surface area contributed by atoms with Gasteiger partial charge in [0, 0.05) is 6.54 Å².